The van der Waals surface area contributed by atoms with Crippen LogP contribution in [0, 0.1) is 5.82 Å². The third-order valence-electron chi connectivity index (χ3n) is 2.60. The Morgan fingerprint density at radius 3 is 2.45 bits per heavy atom. The lowest BCUT2D eigenvalue weighted by atomic mass is 10.2. The van der Waals surface area contributed by atoms with Crippen molar-refractivity contribution in [3.05, 3.63) is 52.4 Å². The molecule has 1 aromatic carbocycles. The number of aromatic carboxylic acids is 1. The summed E-state index contributed by atoms with van der Waals surface area (Å²) in [7, 11) is 0. The maximum atomic E-state index is 13.7. The normalized spacial score (nSPS) is 11.3. The number of benzene rings is 1. The van der Waals surface area contributed by atoms with Crippen LogP contribution in [0.1, 0.15) is 16.1 Å². The average molecular weight is 335 g/mol. The maximum Gasteiger partial charge on any atom is 0.433 e. The van der Waals surface area contributed by atoms with Gasteiger partial charge in [0.25, 0.3) is 0 Å². The zero-order chi connectivity index (χ0) is 16.5. The maximum absolute atomic E-state index is 13.7. The molecule has 0 bridgehead atoms. The number of hydrogen-bond donors (Lipinski definition) is 2. The van der Waals surface area contributed by atoms with Gasteiger partial charge >= 0.3 is 12.1 Å². The molecule has 0 aliphatic rings. The smallest absolute Gasteiger partial charge is 0.433 e. The van der Waals surface area contributed by atoms with Gasteiger partial charge in [-0.2, -0.15) is 13.2 Å². The van der Waals surface area contributed by atoms with Crippen LogP contribution in [0.2, 0.25) is 5.02 Å². The molecule has 1 heterocycles. The number of alkyl halides is 3. The number of carboxylic acid groups (broad SMARTS) is 1. The summed E-state index contributed by atoms with van der Waals surface area (Å²) in [5.74, 6) is -2.98. The van der Waals surface area contributed by atoms with Gasteiger partial charge in [-0.05, 0) is 30.3 Å². The molecule has 0 unspecified atom stereocenters. The van der Waals surface area contributed by atoms with Gasteiger partial charge in [-0.25, -0.2) is 14.2 Å². The number of pyridine rings is 1. The summed E-state index contributed by atoms with van der Waals surface area (Å²) in [5, 5.41) is 11.3. The zero-order valence-corrected chi connectivity index (χ0v) is 11.3. The lowest BCUT2D eigenvalue weighted by molar-refractivity contribution is -0.141. The van der Waals surface area contributed by atoms with Crippen molar-refractivity contribution in [2.45, 2.75) is 6.18 Å². The summed E-state index contributed by atoms with van der Waals surface area (Å²) >= 11 is 5.56. The van der Waals surface area contributed by atoms with E-state index in [2.05, 4.69) is 10.3 Å². The highest BCUT2D eigenvalue weighted by molar-refractivity contribution is 6.30. The van der Waals surface area contributed by atoms with Crippen molar-refractivity contribution >= 4 is 29.1 Å². The summed E-state index contributed by atoms with van der Waals surface area (Å²) in [6, 6.07) is 4.66. The van der Waals surface area contributed by atoms with Crippen LogP contribution in [0.5, 0.6) is 0 Å². The number of hydrogen-bond acceptors (Lipinski definition) is 3. The molecule has 0 spiro atoms. The fraction of sp³-hybridized carbons (Fsp3) is 0.0769. The number of rotatable bonds is 3. The van der Waals surface area contributed by atoms with E-state index < -0.39 is 35.0 Å². The Bertz CT molecular complexity index is 734. The molecule has 0 amide bonds. The van der Waals surface area contributed by atoms with E-state index in [1.54, 1.807) is 0 Å². The largest absolute Gasteiger partial charge is 0.478 e. The first kappa shape index (κ1) is 16.0. The molecule has 22 heavy (non-hydrogen) atoms. The third-order valence-corrected chi connectivity index (χ3v) is 2.84. The van der Waals surface area contributed by atoms with Crippen molar-refractivity contribution in [3.63, 3.8) is 0 Å². The molecule has 1 aromatic heterocycles. The minimum absolute atomic E-state index is 0.0820. The molecule has 0 atom stereocenters. The van der Waals surface area contributed by atoms with Crippen LogP contribution in [0.4, 0.5) is 29.1 Å². The number of aromatic nitrogens is 1. The summed E-state index contributed by atoms with van der Waals surface area (Å²) in [6.45, 7) is 0. The van der Waals surface area contributed by atoms with Gasteiger partial charge in [0, 0.05) is 5.02 Å². The SMILES string of the molecule is O=C(O)c1ccc(C(F)(F)F)nc1Nc1ccc(Cl)cc1F. The lowest BCUT2D eigenvalue weighted by Crippen LogP contribution is -2.13. The van der Waals surface area contributed by atoms with Crippen LogP contribution < -0.4 is 5.32 Å². The second-order valence-corrected chi connectivity index (χ2v) is 4.58. The highest BCUT2D eigenvalue weighted by Gasteiger charge is 2.33. The molecule has 0 saturated carbocycles. The van der Waals surface area contributed by atoms with Crippen LogP contribution in [0.15, 0.2) is 30.3 Å². The Balaban J connectivity index is 2.49. The fourth-order valence-electron chi connectivity index (χ4n) is 1.60. The molecule has 0 radical (unpaired) electrons. The predicted octanol–water partition coefficient (Wildman–Crippen LogP) is 4.33. The molecule has 0 fully saturated rings. The van der Waals surface area contributed by atoms with E-state index in [0.29, 0.717) is 6.07 Å². The van der Waals surface area contributed by atoms with Crippen LogP contribution in [0.3, 0.4) is 0 Å². The number of halogens is 5. The van der Waals surface area contributed by atoms with Crippen molar-refractivity contribution in [3.8, 4) is 0 Å². The number of anilines is 2. The Morgan fingerprint density at radius 1 is 1.23 bits per heavy atom. The van der Waals surface area contributed by atoms with Gasteiger partial charge < -0.3 is 10.4 Å². The van der Waals surface area contributed by atoms with E-state index in [4.69, 9.17) is 16.7 Å². The highest BCUT2D eigenvalue weighted by atomic mass is 35.5. The van der Waals surface area contributed by atoms with Crippen LogP contribution >= 0.6 is 11.6 Å². The van der Waals surface area contributed by atoms with Gasteiger partial charge in [-0.1, -0.05) is 11.6 Å². The molecule has 2 aromatic rings. The second-order valence-electron chi connectivity index (χ2n) is 4.14. The number of carboxylic acids is 1. The summed E-state index contributed by atoms with van der Waals surface area (Å²) in [5.41, 5.74) is -2.07. The number of carbonyl (C=O) groups is 1. The van der Waals surface area contributed by atoms with E-state index in [9.17, 15) is 22.4 Å². The molecule has 2 rings (SSSR count). The van der Waals surface area contributed by atoms with E-state index in [1.165, 1.54) is 6.07 Å². The van der Waals surface area contributed by atoms with Crippen molar-refractivity contribution < 1.29 is 27.5 Å². The summed E-state index contributed by atoms with van der Waals surface area (Å²) < 4.78 is 51.6. The highest BCUT2D eigenvalue weighted by Crippen LogP contribution is 2.31. The summed E-state index contributed by atoms with van der Waals surface area (Å²) in [4.78, 5) is 14.2. The van der Waals surface area contributed by atoms with Gasteiger partial charge in [-0.3, -0.25) is 0 Å². The first-order chi connectivity index (χ1) is 10.2. The van der Waals surface area contributed by atoms with Crippen molar-refractivity contribution in [2.75, 3.05) is 5.32 Å². The Hall–Kier alpha value is -2.35. The van der Waals surface area contributed by atoms with Crippen LogP contribution in [0.25, 0.3) is 0 Å². The number of nitrogens with one attached hydrogen (secondary N) is 1. The molecular weight excluding hydrogens is 328 g/mol. The first-order valence-corrected chi connectivity index (χ1v) is 6.10. The molecule has 2 N–H and O–H groups in total. The monoisotopic (exact) mass is 334 g/mol. The predicted molar refractivity (Wildman–Crippen MR) is 70.9 cm³/mol. The van der Waals surface area contributed by atoms with Crippen molar-refractivity contribution in [1.29, 1.82) is 0 Å². The quantitative estimate of drug-likeness (QED) is 0.820. The minimum atomic E-state index is -4.76. The van der Waals surface area contributed by atoms with Crippen molar-refractivity contribution in [2.24, 2.45) is 0 Å². The number of nitrogens with zero attached hydrogens (tertiary/aromatic N) is 1. The Morgan fingerprint density at radius 2 is 1.91 bits per heavy atom. The average Bonchev–Trinajstić information content (AvgIpc) is 2.40. The van der Waals surface area contributed by atoms with E-state index in [0.717, 1.165) is 18.2 Å². The van der Waals surface area contributed by atoms with Gasteiger partial charge in [0.05, 0.1) is 5.69 Å². The Labute approximate surface area is 126 Å². The van der Waals surface area contributed by atoms with Crippen molar-refractivity contribution in [1.82, 2.24) is 4.98 Å². The molecule has 4 nitrogen and oxygen atoms in total. The van der Waals surface area contributed by atoms with Gasteiger partial charge in [0.1, 0.15) is 22.9 Å². The fourth-order valence-corrected chi connectivity index (χ4v) is 1.76. The van der Waals surface area contributed by atoms with Crippen LogP contribution in [-0.4, -0.2) is 16.1 Å². The van der Waals surface area contributed by atoms with Crippen LogP contribution in [-0.2, 0) is 6.18 Å². The molecule has 9 heteroatoms. The molecule has 0 saturated heterocycles. The molecule has 116 valence electrons. The van der Waals surface area contributed by atoms with Gasteiger partial charge in [0.15, 0.2) is 0 Å². The first-order valence-electron chi connectivity index (χ1n) is 5.72. The second kappa shape index (κ2) is 5.80. The summed E-state index contributed by atoms with van der Waals surface area (Å²) in [6.07, 6.45) is -4.76. The molecule has 0 aliphatic heterocycles. The standard InChI is InChI=1S/C13H7ClF4N2O2/c14-6-1-3-9(8(15)5-6)19-11-7(12(21)22)2-4-10(20-11)13(16,17)18/h1-5H,(H,19,20)(H,21,22). The topological polar surface area (TPSA) is 62.2 Å². The minimum Gasteiger partial charge on any atom is -0.478 e. The zero-order valence-electron chi connectivity index (χ0n) is 10.6. The lowest BCUT2D eigenvalue weighted by Gasteiger charge is -2.12. The Kier molecular flexibility index (Phi) is 4.23. The van der Waals surface area contributed by atoms with E-state index in [-0.39, 0.29) is 10.7 Å². The molecular formula is C13H7ClF4N2O2. The van der Waals surface area contributed by atoms with E-state index >= 15 is 0 Å². The van der Waals surface area contributed by atoms with Gasteiger partial charge in [-0.15, -0.1) is 0 Å². The molecule has 0 aliphatic carbocycles. The van der Waals surface area contributed by atoms with Gasteiger partial charge in [0.2, 0.25) is 0 Å². The third kappa shape index (κ3) is 3.45. The van der Waals surface area contributed by atoms with E-state index in [1.807, 2.05) is 0 Å².